The van der Waals surface area contributed by atoms with E-state index in [1.165, 1.54) is 18.4 Å². The van der Waals surface area contributed by atoms with Crippen LogP contribution in [0.5, 0.6) is 0 Å². The predicted molar refractivity (Wildman–Crippen MR) is 78.0 cm³/mol. The average molecular weight is 294 g/mol. The molecule has 1 heterocycles. The highest BCUT2D eigenvalue weighted by molar-refractivity contribution is 7.89. The monoisotopic (exact) mass is 294 g/mol. The summed E-state index contributed by atoms with van der Waals surface area (Å²) in [6.45, 7) is 2.53. The number of aromatic amines is 1. The van der Waals surface area contributed by atoms with Gasteiger partial charge in [-0.05, 0) is 25.1 Å². The molecule has 0 aliphatic rings. The fourth-order valence-corrected chi connectivity index (χ4v) is 2.68. The highest BCUT2D eigenvalue weighted by atomic mass is 32.2. The third kappa shape index (κ3) is 3.00. The number of benzene rings is 1. The molecule has 7 heteroatoms. The first-order chi connectivity index (χ1) is 9.41. The molecule has 108 valence electrons. The minimum Gasteiger partial charge on any atom is -0.381 e. The van der Waals surface area contributed by atoms with Gasteiger partial charge in [-0.1, -0.05) is 6.07 Å². The first kappa shape index (κ1) is 14.5. The van der Waals surface area contributed by atoms with Gasteiger partial charge in [0, 0.05) is 37.6 Å². The smallest absolute Gasteiger partial charge is 0.242 e. The molecule has 20 heavy (non-hydrogen) atoms. The summed E-state index contributed by atoms with van der Waals surface area (Å²) in [6.07, 6.45) is 1.75. The number of nitrogens with zero attached hydrogens (tertiary/aromatic N) is 2. The molecule has 0 fully saturated rings. The summed E-state index contributed by atoms with van der Waals surface area (Å²) in [5, 5.41) is 10.0. The molecule has 0 unspecified atom stereocenters. The molecular formula is C13H18N4O2S. The molecule has 0 spiro atoms. The Bertz CT molecular complexity index is 692. The van der Waals surface area contributed by atoms with Crippen LogP contribution >= 0.6 is 0 Å². The minimum absolute atomic E-state index is 0.274. The molecule has 0 atom stereocenters. The summed E-state index contributed by atoms with van der Waals surface area (Å²) in [5.74, 6) is 0. The largest absolute Gasteiger partial charge is 0.381 e. The van der Waals surface area contributed by atoms with Crippen molar-refractivity contribution in [2.75, 3.05) is 19.4 Å². The molecule has 0 bridgehead atoms. The van der Waals surface area contributed by atoms with Gasteiger partial charge in [-0.15, -0.1) is 0 Å². The topological polar surface area (TPSA) is 78.1 Å². The second-order valence-electron chi connectivity index (χ2n) is 4.69. The van der Waals surface area contributed by atoms with Crippen LogP contribution in [0.25, 0.3) is 0 Å². The molecule has 0 saturated heterocycles. The van der Waals surface area contributed by atoms with E-state index < -0.39 is 10.0 Å². The Labute approximate surface area is 118 Å². The lowest BCUT2D eigenvalue weighted by Gasteiger charge is -2.13. The van der Waals surface area contributed by atoms with Gasteiger partial charge in [-0.2, -0.15) is 5.10 Å². The molecule has 0 saturated carbocycles. The lowest BCUT2D eigenvalue weighted by atomic mass is 10.2. The van der Waals surface area contributed by atoms with Gasteiger partial charge < -0.3 is 5.32 Å². The first-order valence-corrected chi connectivity index (χ1v) is 7.60. The standard InChI is InChI=1S/C13H18N4O2S/c1-10-11(9-15-16-10)8-14-12-5-4-6-13(7-12)20(18,19)17(2)3/h4-7,9,14H,8H2,1-3H3,(H,15,16). The predicted octanol–water partition coefficient (Wildman–Crippen LogP) is 1.58. The second kappa shape index (κ2) is 5.64. The molecule has 2 rings (SSSR count). The Hall–Kier alpha value is -1.86. The number of nitrogens with one attached hydrogen (secondary N) is 2. The SMILES string of the molecule is Cc1[nH]ncc1CNc1cccc(S(=O)(=O)N(C)C)c1. The van der Waals surface area contributed by atoms with Crippen molar-refractivity contribution in [3.05, 3.63) is 41.7 Å². The number of hydrogen-bond donors (Lipinski definition) is 2. The van der Waals surface area contributed by atoms with Crippen LogP contribution in [0.3, 0.4) is 0 Å². The third-order valence-electron chi connectivity index (χ3n) is 3.03. The zero-order valence-electron chi connectivity index (χ0n) is 11.7. The molecule has 0 aliphatic carbocycles. The quantitative estimate of drug-likeness (QED) is 0.877. The van der Waals surface area contributed by atoms with Gasteiger partial charge in [-0.25, -0.2) is 12.7 Å². The van der Waals surface area contributed by atoms with E-state index in [1.807, 2.05) is 13.0 Å². The fourth-order valence-electron chi connectivity index (χ4n) is 1.73. The van der Waals surface area contributed by atoms with Crippen molar-refractivity contribution in [2.45, 2.75) is 18.4 Å². The third-order valence-corrected chi connectivity index (χ3v) is 4.84. The van der Waals surface area contributed by atoms with Crippen LogP contribution in [0.4, 0.5) is 5.69 Å². The maximum atomic E-state index is 12.1. The Morgan fingerprint density at radius 1 is 1.35 bits per heavy atom. The van der Waals surface area contributed by atoms with E-state index in [1.54, 1.807) is 24.4 Å². The van der Waals surface area contributed by atoms with Gasteiger partial charge in [0.2, 0.25) is 10.0 Å². The second-order valence-corrected chi connectivity index (χ2v) is 6.84. The summed E-state index contributed by atoms with van der Waals surface area (Å²) < 4.78 is 25.3. The van der Waals surface area contributed by atoms with E-state index in [0.717, 1.165) is 16.9 Å². The summed E-state index contributed by atoms with van der Waals surface area (Å²) >= 11 is 0. The maximum absolute atomic E-state index is 12.1. The number of hydrogen-bond acceptors (Lipinski definition) is 4. The lowest BCUT2D eigenvalue weighted by Crippen LogP contribution is -2.22. The van der Waals surface area contributed by atoms with E-state index in [2.05, 4.69) is 15.5 Å². The molecule has 1 aromatic heterocycles. The van der Waals surface area contributed by atoms with Gasteiger partial charge in [0.05, 0.1) is 11.1 Å². The van der Waals surface area contributed by atoms with Crippen molar-refractivity contribution >= 4 is 15.7 Å². The van der Waals surface area contributed by atoms with Crippen LogP contribution < -0.4 is 5.32 Å². The summed E-state index contributed by atoms with van der Waals surface area (Å²) in [7, 11) is -0.369. The van der Waals surface area contributed by atoms with Crippen LogP contribution in [0, 0.1) is 6.92 Å². The Morgan fingerprint density at radius 2 is 2.10 bits per heavy atom. The van der Waals surface area contributed by atoms with Crippen LogP contribution in [-0.4, -0.2) is 37.0 Å². The zero-order valence-corrected chi connectivity index (χ0v) is 12.5. The van der Waals surface area contributed by atoms with Crippen LogP contribution in [0.15, 0.2) is 35.4 Å². The van der Waals surface area contributed by atoms with Crippen molar-refractivity contribution < 1.29 is 8.42 Å². The number of aromatic nitrogens is 2. The number of anilines is 1. The number of H-pyrrole nitrogens is 1. The summed E-state index contributed by atoms with van der Waals surface area (Å²) in [6, 6.07) is 6.78. The van der Waals surface area contributed by atoms with Crippen LogP contribution in [0.1, 0.15) is 11.3 Å². The van der Waals surface area contributed by atoms with E-state index in [-0.39, 0.29) is 4.90 Å². The van der Waals surface area contributed by atoms with E-state index in [9.17, 15) is 8.42 Å². The lowest BCUT2D eigenvalue weighted by molar-refractivity contribution is 0.521. The highest BCUT2D eigenvalue weighted by Crippen LogP contribution is 2.18. The van der Waals surface area contributed by atoms with E-state index >= 15 is 0 Å². The minimum atomic E-state index is -3.40. The van der Waals surface area contributed by atoms with E-state index in [0.29, 0.717) is 6.54 Å². The van der Waals surface area contributed by atoms with E-state index in [4.69, 9.17) is 0 Å². The summed E-state index contributed by atoms with van der Waals surface area (Å²) in [4.78, 5) is 0.274. The van der Waals surface area contributed by atoms with Crippen LogP contribution in [0.2, 0.25) is 0 Å². The zero-order chi connectivity index (χ0) is 14.8. The van der Waals surface area contributed by atoms with Crippen molar-refractivity contribution in [3.63, 3.8) is 0 Å². The normalized spacial score (nSPS) is 11.8. The molecule has 6 nitrogen and oxygen atoms in total. The molecule has 2 aromatic rings. The van der Waals surface area contributed by atoms with Gasteiger partial charge in [0.1, 0.15) is 0 Å². The van der Waals surface area contributed by atoms with Crippen molar-refractivity contribution in [1.29, 1.82) is 0 Å². The number of aryl methyl sites for hydroxylation is 1. The van der Waals surface area contributed by atoms with Gasteiger partial charge in [-0.3, -0.25) is 5.10 Å². The molecule has 0 amide bonds. The van der Waals surface area contributed by atoms with Gasteiger partial charge in [0.25, 0.3) is 0 Å². The maximum Gasteiger partial charge on any atom is 0.242 e. The molecular weight excluding hydrogens is 276 g/mol. The van der Waals surface area contributed by atoms with Crippen molar-refractivity contribution in [2.24, 2.45) is 0 Å². The number of rotatable bonds is 5. The average Bonchev–Trinajstić information content (AvgIpc) is 2.82. The Morgan fingerprint density at radius 3 is 2.70 bits per heavy atom. The summed E-state index contributed by atoms with van der Waals surface area (Å²) in [5.41, 5.74) is 2.80. The Kier molecular flexibility index (Phi) is 4.10. The number of sulfonamides is 1. The van der Waals surface area contributed by atoms with Crippen LogP contribution in [-0.2, 0) is 16.6 Å². The van der Waals surface area contributed by atoms with Gasteiger partial charge >= 0.3 is 0 Å². The molecule has 0 radical (unpaired) electrons. The molecule has 2 N–H and O–H groups in total. The molecule has 0 aliphatic heterocycles. The fraction of sp³-hybridized carbons (Fsp3) is 0.308. The van der Waals surface area contributed by atoms with Gasteiger partial charge in [0.15, 0.2) is 0 Å². The highest BCUT2D eigenvalue weighted by Gasteiger charge is 2.17. The van der Waals surface area contributed by atoms with Crippen molar-refractivity contribution in [3.8, 4) is 0 Å². The Balaban J connectivity index is 2.17. The van der Waals surface area contributed by atoms with Crippen molar-refractivity contribution in [1.82, 2.24) is 14.5 Å². The molecule has 1 aromatic carbocycles. The first-order valence-electron chi connectivity index (χ1n) is 6.16.